The summed E-state index contributed by atoms with van der Waals surface area (Å²) >= 11 is 0. The molecule has 0 aromatic heterocycles. The molecule has 0 spiro atoms. The molecule has 0 amide bonds. The van der Waals surface area contributed by atoms with Gasteiger partial charge in [0, 0.05) is 6.07 Å². The Morgan fingerprint density at radius 3 is 2.36 bits per heavy atom. The quantitative estimate of drug-likeness (QED) is 0.478. The van der Waals surface area contributed by atoms with E-state index in [0.29, 0.717) is 0 Å². The lowest BCUT2D eigenvalue weighted by molar-refractivity contribution is 0.433. The second-order valence-corrected chi connectivity index (χ2v) is 5.01. The smallest absolute Gasteiger partial charge is 0.131 e. The van der Waals surface area contributed by atoms with Crippen LogP contribution in [0.15, 0.2) is 72.5 Å². The Morgan fingerprint density at radius 2 is 1.68 bits per heavy atom. The van der Waals surface area contributed by atoms with Gasteiger partial charge in [-0.25, -0.2) is 0 Å². The van der Waals surface area contributed by atoms with Crippen molar-refractivity contribution in [3.05, 3.63) is 78.1 Å². The summed E-state index contributed by atoms with van der Waals surface area (Å²) in [6.45, 7) is 6.11. The van der Waals surface area contributed by atoms with Crippen molar-refractivity contribution < 1.29 is 9.47 Å². The number of rotatable bonds is 6. The van der Waals surface area contributed by atoms with Gasteiger partial charge in [-0.3, -0.25) is 0 Å². The first kappa shape index (κ1) is 15.9. The molecule has 114 valence electrons. The lowest BCUT2D eigenvalue weighted by atomic mass is 10.2. The van der Waals surface area contributed by atoms with Crippen LogP contribution in [0, 0.1) is 6.92 Å². The predicted molar refractivity (Wildman–Crippen MR) is 91.5 cm³/mol. The highest BCUT2D eigenvalue weighted by Gasteiger charge is 2.02. The first-order valence-corrected chi connectivity index (χ1v) is 7.56. The largest absolute Gasteiger partial charge is 0.458 e. The van der Waals surface area contributed by atoms with Crippen LogP contribution < -0.4 is 9.47 Å². The zero-order chi connectivity index (χ0) is 15.8. The van der Waals surface area contributed by atoms with E-state index in [1.165, 1.54) is 5.56 Å². The number of hydrogen-bond donors (Lipinski definition) is 0. The molecule has 2 aromatic carbocycles. The average molecular weight is 294 g/mol. The van der Waals surface area contributed by atoms with E-state index < -0.39 is 0 Å². The van der Waals surface area contributed by atoms with Crippen LogP contribution in [0.25, 0.3) is 0 Å². The molecule has 2 nitrogen and oxygen atoms in total. The van der Waals surface area contributed by atoms with Gasteiger partial charge >= 0.3 is 0 Å². The number of allylic oxidation sites excluding steroid dienone is 3. The molecule has 0 saturated carbocycles. The number of aryl methyl sites for hydroxylation is 1. The molecule has 0 N–H and O–H groups in total. The first-order chi connectivity index (χ1) is 10.7. The van der Waals surface area contributed by atoms with E-state index in [1.54, 1.807) is 0 Å². The van der Waals surface area contributed by atoms with Crippen LogP contribution in [-0.4, -0.2) is 0 Å². The molecule has 2 aromatic rings. The molecule has 0 aliphatic carbocycles. The zero-order valence-electron chi connectivity index (χ0n) is 13.4. The molecule has 2 heteroatoms. The Bertz CT molecular complexity index is 669. The summed E-state index contributed by atoms with van der Waals surface area (Å²) in [6.07, 6.45) is 6.90. The molecule has 0 unspecified atom stereocenters. The highest BCUT2D eigenvalue weighted by molar-refractivity contribution is 5.39. The Labute approximate surface area is 132 Å². The normalized spacial score (nSPS) is 11.7. The van der Waals surface area contributed by atoms with Crippen molar-refractivity contribution in [2.45, 2.75) is 27.2 Å². The molecule has 0 fully saturated rings. The van der Waals surface area contributed by atoms with Crippen molar-refractivity contribution in [1.29, 1.82) is 0 Å². The maximum Gasteiger partial charge on any atom is 0.131 e. The van der Waals surface area contributed by atoms with Gasteiger partial charge in [0.1, 0.15) is 23.0 Å². The van der Waals surface area contributed by atoms with Gasteiger partial charge in [0.25, 0.3) is 0 Å². The van der Waals surface area contributed by atoms with Gasteiger partial charge in [0.2, 0.25) is 0 Å². The van der Waals surface area contributed by atoms with Crippen LogP contribution in [0.5, 0.6) is 17.2 Å². The molecular formula is C20H22O2. The number of hydrogen-bond acceptors (Lipinski definition) is 2. The minimum atomic E-state index is 0.763. The summed E-state index contributed by atoms with van der Waals surface area (Å²) in [7, 11) is 0. The van der Waals surface area contributed by atoms with Gasteiger partial charge in [0.15, 0.2) is 0 Å². The van der Waals surface area contributed by atoms with Gasteiger partial charge in [-0.2, -0.15) is 0 Å². The fourth-order valence-electron chi connectivity index (χ4n) is 2.06. The lowest BCUT2D eigenvalue weighted by Crippen LogP contribution is -1.93. The second kappa shape index (κ2) is 8.08. The molecule has 0 atom stereocenters. The third-order valence-electron chi connectivity index (χ3n) is 3.00. The molecule has 0 aliphatic heterocycles. The molecule has 0 saturated heterocycles. The summed E-state index contributed by atoms with van der Waals surface area (Å²) in [4.78, 5) is 0. The van der Waals surface area contributed by atoms with E-state index in [4.69, 9.17) is 9.47 Å². The molecule has 0 heterocycles. The fraction of sp³-hybridized carbons (Fsp3) is 0.200. The van der Waals surface area contributed by atoms with Crippen molar-refractivity contribution in [2.75, 3.05) is 0 Å². The van der Waals surface area contributed by atoms with Crippen molar-refractivity contribution in [2.24, 2.45) is 0 Å². The van der Waals surface area contributed by atoms with E-state index in [2.05, 4.69) is 6.92 Å². The van der Waals surface area contributed by atoms with Crippen molar-refractivity contribution in [3.63, 3.8) is 0 Å². The highest BCUT2D eigenvalue weighted by Crippen LogP contribution is 2.26. The second-order valence-electron chi connectivity index (χ2n) is 5.01. The van der Waals surface area contributed by atoms with E-state index >= 15 is 0 Å². The van der Waals surface area contributed by atoms with Crippen molar-refractivity contribution in [1.82, 2.24) is 0 Å². The monoisotopic (exact) mass is 294 g/mol. The zero-order valence-corrected chi connectivity index (χ0v) is 13.4. The van der Waals surface area contributed by atoms with Gasteiger partial charge < -0.3 is 9.47 Å². The Morgan fingerprint density at radius 1 is 1.00 bits per heavy atom. The van der Waals surface area contributed by atoms with Crippen LogP contribution in [-0.2, 0) is 0 Å². The predicted octanol–water partition coefficient (Wildman–Crippen LogP) is 6.04. The molecule has 0 radical (unpaired) electrons. The minimum absolute atomic E-state index is 0.763. The molecule has 0 bridgehead atoms. The molecule has 2 rings (SSSR count). The lowest BCUT2D eigenvalue weighted by Gasteiger charge is -2.10. The van der Waals surface area contributed by atoms with Gasteiger partial charge in [-0.1, -0.05) is 31.2 Å². The third-order valence-corrected chi connectivity index (χ3v) is 3.00. The maximum atomic E-state index is 5.89. The summed E-state index contributed by atoms with van der Waals surface area (Å²) in [5.41, 5.74) is 1.17. The van der Waals surface area contributed by atoms with E-state index in [9.17, 15) is 0 Å². The highest BCUT2D eigenvalue weighted by atomic mass is 16.5. The van der Waals surface area contributed by atoms with E-state index in [1.807, 2.05) is 80.6 Å². The number of benzene rings is 2. The topological polar surface area (TPSA) is 18.5 Å². The van der Waals surface area contributed by atoms with Crippen LogP contribution >= 0.6 is 0 Å². The van der Waals surface area contributed by atoms with Crippen LogP contribution in [0.2, 0.25) is 0 Å². The fourth-order valence-corrected chi connectivity index (χ4v) is 2.06. The summed E-state index contributed by atoms with van der Waals surface area (Å²) in [6, 6.07) is 15.7. The Balaban J connectivity index is 2.14. The summed E-state index contributed by atoms with van der Waals surface area (Å²) in [5, 5.41) is 0. The van der Waals surface area contributed by atoms with E-state index in [-0.39, 0.29) is 0 Å². The minimum Gasteiger partial charge on any atom is -0.458 e. The average Bonchev–Trinajstić information content (AvgIpc) is 2.48. The SMILES string of the molecule is C/C=C\C(=C/CC)Oc1cccc(Oc2cccc(C)c2)c1. The maximum absolute atomic E-state index is 5.89. The molecular weight excluding hydrogens is 272 g/mol. The standard InChI is InChI=1S/C20H22O2/c1-4-8-17(9-5-2)21-19-12-7-13-20(15-19)22-18-11-6-10-16(3)14-18/h4,6-15H,5H2,1-3H3/b8-4-,17-9+. The molecule has 0 aliphatic rings. The van der Waals surface area contributed by atoms with Gasteiger partial charge in [-0.05, 0) is 62.2 Å². The van der Waals surface area contributed by atoms with Crippen molar-refractivity contribution >= 4 is 0 Å². The summed E-state index contributed by atoms with van der Waals surface area (Å²) < 4.78 is 11.8. The first-order valence-electron chi connectivity index (χ1n) is 7.56. The van der Waals surface area contributed by atoms with E-state index in [0.717, 1.165) is 29.4 Å². The van der Waals surface area contributed by atoms with Gasteiger partial charge in [0.05, 0.1) is 0 Å². The third kappa shape index (κ3) is 4.81. The van der Waals surface area contributed by atoms with Crippen LogP contribution in [0.4, 0.5) is 0 Å². The van der Waals surface area contributed by atoms with Crippen molar-refractivity contribution in [3.8, 4) is 17.2 Å². The van der Waals surface area contributed by atoms with Crippen LogP contribution in [0.3, 0.4) is 0 Å². The number of ether oxygens (including phenoxy) is 2. The summed E-state index contributed by atoms with van der Waals surface area (Å²) in [5.74, 6) is 3.20. The Hall–Kier alpha value is -2.48. The van der Waals surface area contributed by atoms with Gasteiger partial charge in [-0.15, -0.1) is 0 Å². The van der Waals surface area contributed by atoms with Crippen LogP contribution in [0.1, 0.15) is 25.8 Å². The molecule has 22 heavy (non-hydrogen) atoms. The Kier molecular flexibility index (Phi) is 5.84.